The molecule has 4 N–H and O–H groups in total. The van der Waals surface area contributed by atoms with Gasteiger partial charge in [-0.05, 0) is 60.5 Å². The molecule has 0 spiro atoms. The third kappa shape index (κ3) is 9.47. The SMILES string of the molecule is COC(=O)N[C@@H](CC(C)C)C(=O)N1C[C@@H](SC)C[C@H]1c1ncc(-c2ccc(-c3ccc(-c4[nH]c([C@@H]5CCCN5C(=O)[C@@H](NC(=O)OC)C(C)C)nc4Cl)cc3)cc2)[nH]1. The highest BCUT2D eigenvalue weighted by atomic mass is 35.5. The van der Waals surface area contributed by atoms with Gasteiger partial charge in [0.25, 0.3) is 0 Å². The lowest BCUT2D eigenvalue weighted by Crippen LogP contribution is -2.51. The Morgan fingerprint density at radius 2 is 1.47 bits per heavy atom. The number of H-pyrrole nitrogens is 2. The minimum Gasteiger partial charge on any atom is -0.453 e. The molecule has 4 aromatic rings. The Morgan fingerprint density at radius 3 is 2.07 bits per heavy atom. The molecule has 6 rings (SSSR count). The van der Waals surface area contributed by atoms with Crippen LogP contribution in [0.1, 0.15) is 77.1 Å². The first-order valence-corrected chi connectivity index (χ1v) is 21.3. The number of nitrogens with zero attached hydrogens (tertiary/aromatic N) is 4. The van der Waals surface area contributed by atoms with Gasteiger partial charge in [-0.15, -0.1) is 0 Å². The summed E-state index contributed by atoms with van der Waals surface area (Å²) in [6.45, 7) is 8.92. The van der Waals surface area contributed by atoms with Crippen LogP contribution in [0.4, 0.5) is 9.59 Å². The number of thioether (sulfide) groups is 1. The topological polar surface area (TPSA) is 175 Å². The van der Waals surface area contributed by atoms with Gasteiger partial charge in [0.05, 0.1) is 43.9 Å². The highest BCUT2D eigenvalue weighted by Crippen LogP contribution is 2.38. The van der Waals surface area contributed by atoms with Gasteiger partial charge in [0, 0.05) is 23.9 Å². The molecule has 0 radical (unpaired) electrons. The number of aromatic amines is 2. The number of nitrogens with one attached hydrogen (secondary N) is 4. The first-order valence-electron chi connectivity index (χ1n) is 19.7. The van der Waals surface area contributed by atoms with Crippen LogP contribution in [0.3, 0.4) is 0 Å². The minimum atomic E-state index is -0.726. The number of methoxy groups -OCH3 is 2. The second-order valence-corrected chi connectivity index (χ2v) is 17.1. The maximum Gasteiger partial charge on any atom is 0.407 e. The lowest BCUT2D eigenvalue weighted by molar-refractivity contribution is -0.136. The molecule has 4 heterocycles. The third-order valence-corrected chi connectivity index (χ3v) is 12.2. The summed E-state index contributed by atoms with van der Waals surface area (Å²) in [5.41, 5.74) is 5.37. The summed E-state index contributed by atoms with van der Waals surface area (Å²) < 4.78 is 9.58. The number of carbonyl (C=O) groups excluding carboxylic acids is 4. The summed E-state index contributed by atoms with van der Waals surface area (Å²) in [5, 5.41) is 5.99. The molecule has 5 atom stereocenters. The van der Waals surface area contributed by atoms with Gasteiger partial charge in [-0.2, -0.15) is 11.8 Å². The number of halogens is 1. The second kappa shape index (κ2) is 18.7. The number of alkyl carbamates (subject to hydrolysis) is 2. The van der Waals surface area contributed by atoms with Gasteiger partial charge < -0.3 is 39.9 Å². The number of carbonyl (C=O) groups is 4. The van der Waals surface area contributed by atoms with E-state index in [1.165, 1.54) is 14.2 Å². The zero-order valence-electron chi connectivity index (χ0n) is 34.0. The maximum absolute atomic E-state index is 13.9. The predicted molar refractivity (Wildman–Crippen MR) is 225 cm³/mol. The fourth-order valence-corrected chi connectivity index (χ4v) is 8.73. The van der Waals surface area contributed by atoms with Crippen molar-refractivity contribution in [1.29, 1.82) is 0 Å². The van der Waals surface area contributed by atoms with E-state index in [0.717, 1.165) is 47.2 Å². The number of hydrogen-bond acceptors (Lipinski definition) is 9. The standard InChI is InChI=1S/C42H53ClN8O6S/c1-23(2)19-30(46-41(54)56-5)39(52)51-22-29(58-7)20-33(51)37-44-21-31(45-37)27-14-10-25(11-15-27)26-12-16-28(17-13-26)35-36(43)49-38(47-35)32-9-8-18-50(32)40(53)34(24(3)4)48-42(55)57-6/h10-17,21,23-24,29-30,32-34H,8-9,18-20,22H2,1-7H3,(H,44,45)(H,46,54)(H,47,49)(H,48,55)/t29-,30-,32-,33-,34-/m0/s1. The van der Waals surface area contributed by atoms with E-state index in [0.29, 0.717) is 42.0 Å². The number of imidazole rings is 2. The molecule has 2 aromatic carbocycles. The smallest absolute Gasteiger partial charge is 0.407 e. The van der Waals surface area contributed by atoms with Gasteiger partial charge in [-0.3, -0.25) is 9.59 Å². The first kappa shape index (κ1) is 42.6. The van der Waals surface area contributed by atoms with Crippen molar-refractivity contribution in [1.82, 2.24) is 40.4 Å². The van der Waals surface area contributed by atoms with E-state index in [2.05, 4.69) is 37.7 Å². The maximum atomic E-state index is 13.9. The van der Waals surface area contributed by atoms with Gasteiger partial charge in [-0.1, -0.05) is 87.8 Å². The van der Waals surface area contributed by atoms with Gasteiger partial charge in [0.15, 0.2) is 5.15 Å². The Kier molecular flexibility index (Phi) is 13.7. The molecule has 4 amide bonds. The second-order valence-electron chi connectivity index (χ2n) is 15.6. The van der Waals surface area contributed by atoms with Gasteiger partial charge in [0.1, 0.15) is 23.7 Å². The Bertz CT molecular complexity index is 2070. The average molecular weight is 833 g/mol. The van der Waals surface area contributed by atoms with E-state index in [1.54, 1.807) is 22.9 Å². The van der Waals surface area contributed by atoms with Crippen molar-refractivity contribution in [3.63, 3.8) is 0 Å². The molecule has 310 valence electrons. The van der Waals surface area contributed by atoms with Crippen LogP contribution in [0.2, 0.25) is 5.15 Å². The summed E-state index contributed by atoms with van der Waals surface area (Å²) in [6.07, 6.45) is 5.36. The van der Waals surface area contributed by atoms with E-state index < -0.39 is 24.3 Å². The number of benzene rings is 2. The van der Waals surface area contributed by atoms with Crippen molar-refractivity contribution in [3.8, 4) is 33.6 Å². The fourth-order valence-electron chi connectivity index (χ4n) is 7.80. The van der Waals surface area contributed by atoms with Gasteiger partial charge in [-0.25, -0.2) is 19.6 Å². The molecule has 14 nitrogen and oxygen atoms in total. The number of likely N-dealkylation sites (tertiary alicyclic amines) is 2. The largest absolute Gasteiger partial charge is 0.453 e. The third-order valence-electron chi connectivity index (χ3n) is 10.9. The van der Waals surface area contributed by atoms with Crippen molar-refractivity contribution in [2.45, 2.75) is 82.8 Å². The summed E-state index contributed by atoms with van der Waals surface area (Å²) in [4.78, 5) is 71.4. The van der Waals surface area contributed by atoms with E-state index in [-0.39, 0.29) is 41.0 Å². The van der Waals surface area contributed by atoms with Crippen LogP contribution in [0.25, 0.3) is 33.6 Å². The summed E-state index contributed by atoms with van der Waals surface area (Å²) >= 11 is 8.41. The highest BCUT2D eigenvalue weighted by molar-refractivity contribution is 7.99. The van der Waals surface area contributed by atoms with Crippen molar-refractivity contribution in [3.05, 3.63) is 71.5 Å². The van der Waals surface area contributed by atoms with Crippen molar-refractivity contribution >= 4 is 47.4 Å². The van der Waals surface area contributed by atoms with E-state index in [4.69, 9.17) is 26.1 Å². The molecule has 0 unspecified atom stereocenters. The zero-order chi connectivity index (χ0) is 41.7. The molecule has 0 bridgehead atoms. The van der Waals surface area contributed by atoms with Crippen LogP contribution in [-0.2, 0) is 19.1 Å². The molecular weight excluding hydrogens is 780 g/mol. The van der Waals surface area contributed by atoms with Crippen LogP contribution in [-0.4, -0.2) is 105 Å². The molecule has 0 aliphatic carbocycles. The predicted octanol–water partition coefficient (Wildman–Crippen LogP) is 7.61. The Morgan fingerprint density at radius 1 is 0.845 bits per heavy atom. The van der Waals surface area contributed by atoms with Gasteiger partial charge >= 0.3 is 12.2 Å². The van der Waals surface area contributed by atoms with Gasteiger partial charge in [0.2, 0.25) is 11.8 Å². The van der Waals surface area contributed by atoms with Crippen LogP contribution in [0.15, 0.2) is 54.7 Å². The van der Waals surface area contributed by atoms with Crippen molar-refractivity contribution < 1.29 is 28.7 Å². The normalized spacial score (nSPS) is 19.0. The van der Waals surface area contributed by atoms with E-state index in [9.17, 15) is 19.2 Å². The molecule has 2 fully saturated rings. The van der Waals surface area contributed by atoms with Crippen molar-refractivity contribution in [2.75, 3.05) is 33.6 Å². The molecule has 2 aromatic heterocycles. The Balaban J connectivity index is 1.14. The molecular formula is C42H53ClN8O6S. The molecule has 58 heavy (non-hydrogen) atoms. The average Bonchev–Trinajstić information content (AvgIpc) is 4.05. The lowest BCUT2D eigenvalue weighted by atomic mass is 10.0. The number of amides is 4. The van der Waals surface area contributed by atoms with E-state index >= 15 is 0 Å². The summed E-state index contributed by atoms with van der Waals surface area (Å²) in [5.74, 6) is 1.06. The zero-order valence-corrected chi connectivity index (χ0v) is 35.6. The lowest BCUT2D eigenvalue weighted by Gasteiger charge is -2.29. The van der Waals surface area contributed by atoms with Crippen LogP contribution in [0, 0.1) is 11.8 Å². The van der Waals surface area contributed by atoms with Crippen LogP contribution in [0.5, 0.6) is 0 Å². The van der Waals surface area contributed by atoms with Crippen LogP contribution < -0.4 is 10.6 Å². The van der Waals surface area contributed by atoms with Crippen LogP contribution >= 0.6 is 23.4 Å². The fraction of sp³-hybridized carbons (Fsp3) is 0.476. The van der Waals surface area contributed by atoms with E-state index in [1.807, 2.05) is 75.2 Å². The monoisotopic (exact) mass is 832 g/mol. The minimum absolute atomic E-state index is 0.135. The molecule has 2 aliphatic rings. The number of rotatable bonds is 13. The summed E-state index contributed by atoms with van der Waals surface area (Å²) in [6, 6.07) is 14.3. The number of hydrogen-bond donors (Lipinski definition) is 4. The summed E-state index contributed by atoms with van der Waals surface area (Å²) in [7, 11) is 2.57. The van der Waals surface area contributed by atoms with Crippen molar-refractivity contribution in [2.24, 2.45) is 11.8 Å². The Labute approximate surface area is 348 Å². The molecule has 2 aliphatic heterocycles. The molecule has 0 saturated carbocycles. The number of aromatic nitrogens is 4. The first-order chi connectivity index (χ1) is 27.8. The number of ether oxygens (including phenoxy) is 2. The quantitative estimate of drug-likeness (QED) is 0.106. The molecule has 16 heteroatoms. The highest BCUT2D eigenvalue weighted by Gasteiger charge is 2.41. The molecule has 2 saturated heterocycles. The Hall–Kier alpha value is -5.02.